The fraction of sp³-hybridized carbons (Fsp3) is 0.364. The van der Waals surface area contributed by atoms with Gasteiger partial charge in [-0.3, -0.25) is 0 Å². The molecule has 0 amide bonds. The molecule has 0 aliphatic rings. The Kier molecular flexibility index (Phi) is 2.60. The maximum absolute atomic E-state index is 9.30. The molecule has 2 aromatic rings. The van der Waals surface area contributed by atoms with Gasteiger partial charge in [0.1, 0.15) is 11.6 Å². The summed E-state index contributed by atoms with van der Waals surface area (Å²) in [7, 11) is 0. The maximum atomic E-state index is 9.30. The molecular formula is C11H15N3O. The van der Waals surface area contributed by atoms with Gasteiger partial charge in [-0.15, -0.1) is 0 Å². The van der Waals surface area contributed by atoms with Gasteiger partial charge in [-0.1, -0.05) is 6.92 Å². The number of hydrogen-bond donors (Lipinski definition) is 3. The van der Waals surface area contributed by atoms with Crippen molar-refractivity contribution in [2.75, 3.05) is 0 Å². The molecule has 0 fully saturated rings. The molecule has 0 aliphatic carbocycles. The van der Waals surface area contributed by atoms with Crippen molar-refractivity contribution in [1.82, 2.24) is 9.97 Å². The number of rotatable bonds is 3. The highest BCUT2D eigenvalue weighted by atomic mass is 16.3. The molecule has 1 heterocycles. The first-order chi connectivity index (χ1) is 7.19. The molecule has 0 saturated carbocycles. The van der Waals surface area contributed by atoms with Crippen LogP contribution in [0.4, 0.5) is 0 Å². The second kappa shape index (κ2) is 3.90. The lowest BCUT2D eigenvalue weighted by atomic mass is 10.2. The zero-order valence-electron chi connectivity index (χ0n) is 8.70. The lowest BCUT2D eigenvalue weighted by Gasteiger charge is -2.04. The van der Waals surface area contributed by atoms with Crippen molar-refractivity contribution < 1.29 is 5.11 Å². The normalized spacial score (nSPS) is 13.2. The standard InChI is InChI=1S/C11H15N3O/c1-2-7(12)5-11-13-9-4-3-8(15)6-10(9)14-11/h3-4,6-7,15H,2,5,12H2,1H3,(H,13,14). The number of aromatic hydroxyl groups is 1. The van der Waals surface area contributed by atoms with Gasteiger partial charge >= 0.3 is 0 Å². The second-order valence-electron chi connectivity index (χ2n) is 3.76. The number of aromatic amines is 1. The van der Waals surface area contributed by atoms with Gasteiger partial charge in [0.05, 0.1) is 11.0 Å². The van der Waals surface area contributed by atoms with Crippen molar-refractivity contribution in [2.45, 2.75) is 25.8 Å². The summed E-state index contributed by atoms with van der Waals surface area (Å²) < 4.78 is 0. The van der Waals surface area contributed by atoms with Crippen LogP contribution in [-0.2, 0) is 6.42 Å². The third kappa shape index (κ3) is 2.10. The van der Waals surface area contributed by atoms with E-state index in [1.807, 2.05) is 0 Å². The minimum atomic E-state index is 0.138. The van der Waals surface area contributed by atoms with Gasteiger partial charge in [-0.2, -0.15) is 0 Å². The van der Waals surface area contributed by atoms with E-state index in [0.29, 0.717) is 0 Å². The number of benzene rings is 1. The Morgan fingerprint density at radius 1 is 1.53 bits per heavy atom. The van der Waals surface area contributed by atoms with Crippen molar-refractivity contribution in [3.8, 4) is 5.75 Å². The monoisotopic (exact) mass is 205 g/mol. The summed E-state index contributed by atoms with van der Waals surface area (Å²) in [5.41, 5.74) is 7.57. The lowest BCUT2D eigenvalue weighted by molar-refractivity contribution is 0.476. The Morgan fingerprint density at radius 2 is 2.33 bits per heavy atom. The number of phenolic OH excluding ortho intramolecular Hbond substituents is 1. The smallest absolute Gasteiger partial charge is 0.117 e. The molecule has 1 unspecified atom stereocenters. The summed E-state index contributed by atoms with van der Waals surface area (Å²) in [6.07, 6.45) is 1.67. The number of aromatic nitrogens is 2. The first kappa shape index (κ1) is 9.98. The van der Waals surface area contributed by atoms with Gasteiger partial charge in [0.2, 0.25) is 0 Å². The summed E-state index contributed by atoms with van der Waals surface area (Å²) in [6, 6.07) is 5.23. The zero-order valence-corrected chi connectivity index (χ0v) is 8.70. The van der Waals surface area contributed by atoms with Crippen molar-refractivity contribution in [3.63, 3.8) is 0 Å². The lowest BCUT2D eigenvalue weighted by Crippen LogP contribution is -2.21. The van der Waals surface area contributed by atoms with E-state index in [4.69, 9.17) is 5.73 Å². The molecule has 1 aromatic heterocycles. The van der Waals surface area contributed by atoms with Crippen LogP contribution in [0.2, 0.25) is 0 Å². The number of nitrogens with zero attached hydrogens (tertiary/aromatic N) is 1. The van der Waals surface area contributed by atoms with Crippen LogP contribution in [0, 0.1) is 0 Å². The molecule has 15 heavy (non-hydrogen) atoms. The van der Waals surface area contributed by atoms with E-state index in [1.54, 1.807) is 18.2 Å². The van der Waals surface area contributed by atoms with Crippen molar-refractivity contribution >= 4 is 11.0 Å². The number of phenols is 1. The number of hydrogen-bond acceptors (Lipinski definition) is 3. The number of imidazole rings is 1. The Bertz CT molecular complexity index is 464. The van der Waals surface area contributed by atoms with E-state index >= 15 is 0 Å². The van der Waals surface area contributed by atoms with Crippen LogP contribution in [0.3, 0.4) is 0 Å². The molecule has 0 aliphatic heterocycles. The highest BCUT2D eigenvalue weighted by Crippen LogP contribution is 2.18. The molecule has 0 spiro atoms. The predicted molar refractivity (Wildman–Crippen MR) is 59.7 cm³/mol. The molecule has 0 bridgehead atoms. The number of nitrogens with one attached hydrogen (secondary N) is 1. The second-order valence-corrected chi connectivity index (χ2v) is 3.76. The van der Waals surface area contributed by atoms with E-state index in [9.17, 15) is 5.11 Å². The summed E-state index contributed by atoms with van der Waals surface area (Å²) >= 11 is 0. The number of fused-ring (bicyclic) bond motifs is 1. The predicted octanol–water partition coefficient (Wildman–Crippen LogP) is 1.55. The van der Waals surface area contributed by atoms with Crippen LogP contribution >= 0.6 is 0 Å². The Morgan fingerprint density at radius 3 is 3.07 bits per heavy atom. The SMILES string of the molecule is CCC(N)Cc1nc2ccc(O)cc2[nH]1. The van der Waals surface area contributed by atoms with Gasteiger partial charge in [-0.25, -0.2) is 4.98 Å². The molecule has 2 rings (SSSR count). The summed E-state index contributed by atoms with van der Waals surface area (Å²) in [4.78, 5) is 7.55. The molecule has 4 nitrogen and oxygen atoms in total. The summed E-state index contributed by atoms with van der Waals surface area (Å²) in [5, 5.41) is 9.30. The van der Waals surface area contributed by atoms with Crippen LogP contribution in [-0.4, -0.2) is 21.1 Å². The van der Waals surface area contributed by atoms with E-state index in [-0.39, 0.29) is 11.8 Å². The average Bonchev–Trinajstić information content (AvgIpc) is 2.59. The summed E-state index contributed by atoms with van der Waals surface area (Å²) in [6.45, 7) is 2.05. The fourth-order valence-electron chi connectivity index (χ4n) is 1.54. The molecule has 4 N–H and O–H groups in total. The number of H-pyrrole nitrogens is 1. The van der Waals surface area contributed by atoms with Crippen molar-refractivity contribution in [3.05, 3.63) is 24.0 Å². The van der Waals surface area contributed by atoms with E-state index in [2.05, 4.69) is 16.9 Å². The fourth-order valence-corrected chi connectivity index (χ4v) is 1.54. The molecule has 0 radical (unpaired) electrons. The molecule has 4 heteroatoms. The molecule has 80 valence electrons. The third-order valence-electron chi connectivity index (χ3n) is 2.49. The first-order valence-corrected chi connectivity index (χ1v) is 5.12. The Hall–Kier alpha value is -1.55. The quantitative estimate of drug-likeness (QED) is 0.711. The van der Waals surface area contributed by atoms with E-state index < -0.39 is 0 Å². The van der Waals surface area contributed by atoms with Crippen LogP contribution in [0.5, 0.6) is 5.75 Å². The third-order valence-corrected chi connectivity index (χ3v) is 2.49. The maximum Gasteiger partial charge on any atom is 0.117 e. The molecule has 1 aromatic carbocycles. The summed E-state index contributed by atoms with van der Waals surface area (Å²) in [5.74, 6) is 1.13. The van der Waals surface area contributed by atoms with Gasteiger partial charge < -0.3 is 15.8 Å². The minimum absolute atomic E-state index is 0.138. The minimum Gasteiger partial charge on any atom is -0.508 e. The van der Waals surface area contributed by atoms with Crippen molar-refractivity contribution in [2.24, 2.45) is 5.73 Å². The zero-order chi connectivity index (χ0) is 10.8. The van der Waals surface area contributed by atoms with Crippen LogP contribution < -0.4 is 5.73 Å². The van der Waals surface area contributed by atoms with Crippen LogP contribution in [0.15, 0.2) is 18.2 Å². The topological polar surface area (TPSA) is 74.9 Å². The highest BCUT2D eigenvalue weighted by Gasteiger charge is 2.06. The van der Waals surface area contributed by atoms with Crippen molar-refractivity contribution in [1.29, 1.82) is 0 Å². The molecule has 1 atom stereocenters. The average molecular weight is 205 g/mol. The Labute approximate surface area is 88.1 Å². The highest BCUT2D eigenvalue weighted by molar-refractivity contribution is 5.76. The van der Waals surface area contributed by atoms with Gasteiger partial charge in [0, 0.05) is 18.5 Å². The van der Waals surface area contributed by atoms with E-state index in [0.717, 1.165) is 29.7 Å². The Balaban J connectivity index is 2.30. The number of nitrogens with two attached hydrogens (primary N) is 1. The largest absolute Gasteiger partial charge is 0.508 e. The first-order valence-electron chi connectivity index (χ1n) is 5.12. The van der Waals surface area contributed by atoms with Crippen LogP contribution in [0.1, 0.15) is 19.2 Å². The van der Waals surface area contributed by atoms with Gasteiger partial charge in [-0.05, 0) is 18.6 Å². The van der Waals surface area contributed by atoms with E-state index in [1.165, 1.54) is 0 Å². The van der Waals surface area contributed by atoms with Gasteiger partial charge in [0.25, 0.3) is 0 Å². The van der Waals surface area contributed by atoms with Crippen LogP contribution in [0.25, 0.3) is 11.0 Å². The van der Waals surface area contributed by atoms with Gasteiger partial charge in [0.15, 0.2) is 0 Å². The molecule has 0 saturated heterocycles. The molecular weight excluding hydrogens is 190 g/mol.